The molecule has 1 aliphatic carbocycles. The van der Waals surface area contributed by atoms with Crippen LogP contribution in [0.1, 0.15) is 25.7 Å². The highest BCUT2D eigenvalue weighted by atomic mass is 32.2. The third kappa shape index (κ3) is 4.51. The van der Waals surface area contributed by atoms with Crippen molar-refractivity contribution in [2.75, 3.05) is 5.75 Å². The van der Waals surface area contributed by atoms with Crippen LogP contribution in [-0.2, 0) is 4.79 Å². The molecule has 2 atom stereocenters. The fourth-order valence-corrected chi connectivity index (χ4v) is 2.92. The standard InChI is InChI=1S/C14H18FNO2S/c15-10-5-7-11(8-6-10)19-9-14(18)16-12-3-1-2-4-13(12)17/h5-8,12-13,17H,1-4,9H2,(H,16,18)/t12-,13-/m0/s1. The smallest absolute Gasteiger partial charge is 0.230 e. The largest absolute Gasteiger partial charge is 0.391 e. The minimum atomic E-state index is -0.423. The maximum absolute atomic E-state index is 12.7. The van der Waals surface area contributed by atoms with E-state index in [2.05, 4.69) is 5.32 Å². The van der Waals surface area contributed by atoms with Gasteiger partial charge in [0, 0.05) is 4.90 Å². The van der Waals surface area contributed by atoms with Crippen LogP contribution in [0.5, 0.6) is 0 Å². The van der Waals surface area contributed by atoms with E-state index in [9.17, 15) is 14.3 Å². The van der Waals surface area contributed by atoms with Crippen LogP contribution in [0.3, 0.4) is 0 Å². The Labute approximate surface area is 116 Å². The molecule has 1 aromatic carbocycles. The van der Waals surface area contributed by atoms with Gasteiger partial charge in [0.15, 0.2) is 0 Å². The monoisotopic (exact) mass is 283 g/mol. The molecule has 0 spiro atoms. The molecule has 1 aromatic rings. The van der Waals surface area contributed by atoms with Crippen LogP contribution < -0.4 is 5.32 Å². The van der Waals surface area contributed by atoms with Crippen molar-refractivity contribution >= 4 is 17.7 Å². The molecule has 1 fully saturated rings. The third-order valence-electron chi connectivity index (χ3n) is 3.26. The zero-order valence-corrected chi connectivity index (χ0v) is 11.5. The summed E-state index contributed by atoms with van der Waals surface area (Å²) in [5, 5.41) is 12.6. The Balaban J connectivity index is 1.76. The van der Waals surface area contributed by atoms with Gasteiger partial charge in [-0.25, -0.2) is 4.39 Å². The average molecular weight is 283 g/mol. The summed E-state index contributed by atoms with van der Waals surface area (Å²) in [6.07, 6.45) is 3.25. The first-order chi connectivity index (χ1) is 9.15. The van der Waals surface area contributed by atoms with Crippen molar-refractivity contribution in [3.05, 3.63) is 30.1 Å². The van der Waals surface area contributed by atoms with Crippen LogP contribution in [0.25, 0.3) is 0 Å². The summed E-state index contributed by atoms with van der Waals surface area (Å²) in [6.45, 7) is 0. The summed E-state index contributed by atoms with van der Waals surface area (Å²) in [5.74, 6) is -0.0751. The number of nitrogens with one attached hydrogen (secondary N) is 1. The molecule has 1 aliphatic rings. The van der Waals surface area contributed by atoms with Crippen molar-refractivity contribution in [3.63, 3.8) is 0 Å². The van der Waals surface area contributed by atoms with Gasteiger partial charge in [0.05, 0.1) is 17.9 Å². The predicted molar refractivity (Wildman–Crippen MR) is 73.5 cm³/mol. The fourth-order valence-electron chi connectivity index (χ4n) is 2.21. The molecule has 104 valence electrons. The van der Waals surface area contributed by atoms with E-state index in [1.807, 2.05) is 0 Å². The summed E-state index contributed by atoms with van der Waals surface area (Å²) in [5.41, 5.74) is 0. The number of rotatable bonds is 4. The molecule has 1 amide bonds. The van der Waals surface area contributed by atoms with Gasteiger partial charge in [0.1, 0.15) is 5.82 Å². The normalized spacial score (nSPS) is 23.1. The quantitative estimate of drug-likeness (QED) is 0.834. The number of thioether (sulfide) groups is 1. The number of amides is 1. The van der Waals surface area contributed by atoms with Crippen LogP contribution in [0.15, 0.2) is 29.2 Å². The van der Waals surface area contributed by atoms with Gasteiger partial charge in [-0.2, -0.15) is 0 Å². The molecule has 0 bridgehead atoms. The van der Waals surface area contributed by atoms with Crippen LogP contribution >= 0.6 is 11.8 Å². The van der Waals surface area contributed by atoms with E-state index in [4.69, 9.17) is 0 Å². The summed E-state index contributed by atoms with van der Waals surface area (Å²) >= 11 is 1.37. The molecule has 0 radical (unpaired) electrons. The van der Waals surface area contributed by atoms with Gasteiger partial charge in [-0.05, 0) is 37.1 Å². The molecule has 1 saturated carbocycles. The first kappa shape index (κ1) is 14.3. The van der Waals surface area contributed by atoms with Gasteiger partial charge in [0.2, 0.25) is 5.91 Å². The van der Waals surface area contributed by atoms with Crippen molar-refractivity contribution in [2.45, 2.75) is 42.7 Å². The molecule has 0 aliphatic heterocycles. The van der Waals surface area contributed by atoms with Crippen molar-refractivity contribution < 1.29 is 14.3 Å². The van der Waals surface area contributed by atoms with Crippen molar-refractivity contribution in [1.29, 1.82) is 0 Å². The minimum Gasteiger partial charge on any atom is -0.391 e. The molecule has 2 rings (SSSR count). The average Bonchev–Trinajstić information content (AvgIpc) is 2.41. The van der Waals surface area contributed by atoms with Gasteiger partial charge >= 0.3 is 0 Å². The predicted octanol–water partition coefficient (Wildman–Crippen LogP) is 2.34. The maximum Gasteiger partial charge on any atom is 0.230 e. The number of aliphatic hydroxyl groups excluding tert-OH is 1. The second-order valence-electron chi connectivity index (χ2n) is 4.77. The third-order valence-corrected chi connectivity index (χ3v) is 4.27. The van der Waals surface area contributed by atoms with Crippen molar-refractivity contribution in [3.8, 4) is 0 Å². The Morgan fingerprint density at radius 1 is 1.32 bits per heavy atom. The highest BCUT2D eigenvalue weighted by molar-refractivity contribution is 8.00. The van der Waals surface area contributed by atoms with E-state index in [-0.39, 0.29) is 23.5 Å². The fraction of sp³-hybridized carbons (Fsp3) is 0.500. The molecule has 19 heavy (non-hydrogen) atoms. The lowest BCUT2D eigenvalue weighted by Gasteiger charge is -2.28. The lowest BCUT2D eigenvalue weighted by molar-refractivity contribution is -0.120. The second kappa shape index (κ2) is 6.91. The van der Waals surface area contributed by atoms with Crippen LogP contribution in [0, 0.1) is 5.82 Å². The van der Waals surface area contributed by atoms with E-state index in [1.54, 1.807) is 12.1 Å². The summed E-state index contributed by atoms with van der Waals surface area (Å²) < 4.78 is 12.7. The zero-order chi connectivity index (χ0) is 13.7. The number of carbonyl (C=O) groups excluding carboxylic acids is 1. The van der Waals surface area contributed by atoms with E-state index >= 15 is 0 Å². The molecular formula is C14H18FNO2S. The first-order valence-corrected chi connectivity index (χ1v) is 7.49. The number of benzene rings is 1. The Bertz CT molecular complexity index is 424. The Kier molecular flexibility index (Phi) is 5.22. The van der Waals surface area contributed by atoms with E-state index < -0.39 is 6.10 Å². The number of carbonyl (C=O) groups is 1. The van der Waals surface area contributed by atoms with E-state index in [1.165, 1.54) is 23.9 Å². The number of aliphatic hydroxyl groups is 1. The maximum atomic E-state index is 12.7. The lowest BCUT2D eigenvalue weighted by atomic mass is 9.93. The minimum absolute atomic E-state index is 0.0831. The molecule has 0 aromatic heterocycles. The number of halogens is 1. The molecule has 0 saturated heterocycles. The highest BCUT2D eigenvalue weighted by Crippen LogP contribution is 2.20. The Morgan fingerprint density at radius 3 is 2.68 bits per heavy atom. The molecule has 0 heterocycles. The Hall–Kier alpha value is -1.07. The molecule has 2 N–H and O–H groups in total. The molecule has 3 nitrogen and oxygen atoms in total. The van der Waals surface area contributed by atoms with Crippen LogP contribution in [-0.4, -0.2) is 28.9 Å². The zero-order valence-electron chi connectivity index (χ0n) is 10.6. The van der Waals surface area contributed by atoms with Gasteiger partial charge in [-0.3, -0.25) is 4.79 Å². The summed E-state index contributed by atoms with van der Waals surface area (Å²) in [4.78, 5) is 12.6. The lowest BCUT2D eigenvalue weighted by Crippen LogP contribution is -2.45. The van der Waals surface area contributed by atoms with Crippen LogP contribution in [0.4, 0.5) is 4.39 Å². The summed E-state index contributed by atoms with van der Waals surface area (Å²) in [7, 11) is 0. The molecule has 5 heteroatoms. The molecule has 0 unspecified atom stereocenters. The van der Waals surface area contributed by atoms with Gasteiger partial charge in [-0.15, -0.1) is 11.8 Å². The van der Waals surface area contributed by atoms with Crippen LogP contribution in [0.2, 0.25) is 0 Å². The van der Waals surface area contributed by atoms with Gasteiger partial charge in [-0.1, -0.05) is 12.8 Å². The van der Waals surface area contributed by atoms with Gasteiger partial charge in [0.25, 0.3) is 0 Å². The Morgan fingerprint density at radius 2 is 2.00 bits per heavy atom. The SMILES string of the molecule is O=C(CSc1ccc(F)cc1)N[C@H]1CCCC[C@@H]1O. The van der Waals surface area contributed by atoms with Crippen molar-refractivity contribution in [1.82, 2.24) is 5.32 Å². The second-order valence-corrected chi connectivity index (χ2v) is 5.82. The summed E-state index contributed by atoms with van der Waals surface area (Å²) in [6, 6.07) is 5.96. The molecular weight excluding hydrogens is 265 g/mol. The number of hydrogen-bond donors (Lipinski definition) is 2. The topological polar surface area (TPSA) is 49.3 Å². The van der Waals surface area contributed by atoms with Crippen molar-refractivity contribution in [2.24, 2.45) is 0 Å². The number of hydrogen-bond acceptors (Lipinski definition) is 3. The van der Waals surface area contributed by atoms with Gasteiger partial charge < -0.3 is 10.4 Å². The van der Waals surface area contributed by atoms with E-state index in [0.717, 1.165) is 30.6 Å². The van der Waals surface area contributed by atoms with E-state index in [0.29, 0.717) is 0 Å². The highest BCUT2D eigenvalue weighted by Gasteiger charge is 2.24. The first-order valence-electron chi connectivity index (χ1n) is 6.51.